The highest BCUT2D eigenvalue weighted by molar-refractivity contribution is 6.07. The maximum absolute atomic E-state index is 14.4. The summed E-state index contributed by atoms with van der Waals surface area (Å²) in [4.78, 5) is 27.0. The van der Waals surface area contributed by atoms with E-state index in [0.29, 0.717) is 13.1 Å². The molecule has 6 nitrogen and oxygen atoms in total. The van der Waals surface area contributed by atoms with Crippen molar-refractivity contribution in [2.24, 2.45) is 0 Å². The van der Waals surface area contributed by atoms with E-state index in [1.54, 1.807) is 0 Å². The van der Waals surface area contributed by atoms with E-state index in [9.17, 15) is 18.4 Å². The molecular formula is C17H22F2N2O4. The highest BCUT2D eigenvalue weighted by atomic mass is 19.3. The molecule has 2 rings (SSSR count). The molecule has 0 atom stereocenters. The number of methoxy groups -OCH3 is 2. The van der Waals surface area contributed by atoms with Crippen molar-refractivity contribution in [2.45, 2.75) is 26.1 Å². The first kappa shape index (κ1) is 19.3. The van der Waals surface area contributed by atoms with Crippen LogP contribution in [0.15, 0.2) is 18.2 Å². The molecule has 0 aromatic heterocycles. The van der Waals surface area contributed by atoms with Gasteiger partial charge in [-0.05, 0) is 32.0 Å². The fourth-order valence-electron chi connectivity index (χ4n) is 2.82. The number of carbonyl (C=O) groups excluding carboxylic acids is 2. The zero-order valence-corrected chi connectivity index (χ0v) is 14.7. The van der Waals surface area contributed by atoms with Gasteiger partial charge in [0.05, 0.1) is 17.8 Å². The molecule has 0 spiro atoms. The number of hydrogen-bond donors (Lipinski definition) is 0. The maximum atomic E-state index is 14.4. The van der Waals surface area contributed by atoms with Crippen LogP contribution >= 0.6 is 0 Å². The number of benzene rings is 1. The molecule has 25 heavy (non-hydrogen) atoms. The summed E-state index contributed by atoms with van der Waals surface area (Å²) in [6.07, 6.45) is -0.831. The number of ether oxygens (including phenoxy) is 2. The summed E-state index contributed by atoms with van der Waals surface area (Å²) >= 11 is 0. The van der Waals surface area contributed by atoms with Crippen LogP contribution < -0.4 is 4.90 Å². The summed E-state index contributed by atoms with van der Waals surface area (Å²) in [6.45, 7) is 4.39. The molecule has 1 aromatic carbocycles. The normalized spacial score (nSPS) is 15.6. The van der Waals surface area contributed by atoms with Crippen molar-refractivity contribution in [2.75, 3.05) is 38.8 Å². The average molecular weight is 356 g/mol. The molecule has 0 fully saturated rings. The van der Waals surface area contributed by atoms with Gasteiger partial charge < -0.3 is 19.3 Å². The summed E-state index contributed by atoms with van der Waals surface area (Å²) in [5.41, 5.74) is -0.279. The Bertz CT molecular complexity index is 658. The predicted molar refractivity (Wildman–Crippen MR) is 87.7 cm³/mol. The van der Waals surface area contributed by atoms with E-state index < -0.39 is 23.7 Å². The lowest BCUT2D eigenvalue weighted by Crippen LogP contribution is -2.40. The molecule has 1 heterocycles. The molecule has 0 saturated heterocycles. The number of fused-ring (bicyclic) bond motifs is 1. The lowest BCUT2D eigenvalue weighted by Gasteiger charge is -2.22. The van der Waals surface area contributed by atoms with Crippen LogP contribution in [-0.2, 0) is 20.2 Å². The van der Waals surface area contributed by atoms with Crippen molar-refractivity contribution in [1.82, 2.24) is 4.90 Å². The van der Waals surface area contributed by atoms with Crippen LogP contribution in [0.5, 0.6) is 0 Å². The molecule has 0 bridgehead atoms. The van der Waals surface area contributed by atoms with E-state index >= 15 is 0 Å². The Balaban J connectivity index is 2.42. The average Bonchev–Trinajstić information content (AvgIpc) is 2.80. The summed E-state index contributed by atoms with van der Waals surface area (Å²) in [5, 5.41) is 0. The Morgan fingerprint density at radius 2 is 1.84 bits per heavy atom. The number of halogens is 2. The van der Waals surface area contributed by atoms with Crippen LogP contribution in [0.1, 0.15) is 29.8 Å². The monoisotopic (exact) mass is 356 g/mol. The van der Waals surface area contributed by atoms with Crippen molar-refractivity contribution in [3.05, 3.63) is 29.3 Å². The van der Waals surface area contributed by atoms with Crippen molar-refractivity contribution < 1.29 is 27.8 Å². The lowest BCUT2D eigenvalue weighted by atomic mass is 10.0. The van der Waals surface area contributed by atoms with E-state index in [0.717, 1.165) is 11.0 Å². The largest absolute Gasteiger partial charge is 0.354 e. The maximum Gasteiger partial charge on any atom is 0.352 e. The first-order chi connectivity index (χ1) is 11.8. The van der Waals surface area contributed by atoms with Crippen molar-refractivity contribution in [1.29, 1.82) is 0 Å². The van der Waals surface area contributed by atoms with E-state index in [-0.39, 0.29) is 23.7 Å². The SMILES string of the molecule is CCN(CC)C(=O)c1ccc2c(c1)C(F)(F)C(=O)N2CC(OC)OC. The van der Waals surface area contributed by atoms with E-state index in [1.165, 1.54) is 31.3 Å². The molecule has 1 aliphatic heterocycles. The molecule has 138 valence electrons. The van der Waals surface area contributed by atoms with Crippen LogP contribution in [0.2, 0.25) is 0 Å². The molecule has 8 heteroatoms. The van der Waals surface area contributed by atoms with Crippen molar-refractivity contribution in [3.8, 4) is 0 Å². The van der Waals surface area contributed by atoms with E-state index in [4.69, 9.17) is 9.47 Å². The molecule has 2 amide bonds. The standard InChI is InChI=1S/C17H22F2N2O4/c1-5-20(6-2)15(22)11-7-8-13-12(9-11)17(18,19)16(23)21(13)10-14(24-3)25-4/h7-9,14H,5-6,10H2,1-4H3. The van der Waals surface area contributed by atoms with Gasteiger partial charge in [-0.25, -0.2) is 0 Å². The van der Waals surface area contributed by atoms with Gasteiger partial charge in [0.15, 0.2) is 6.29 Å². The molecule has 0 aliphatic carbocycles. The van der Waals surface area contributed by atoms with Gasteiger partial charge >= 0.3 is 11.8 Å². The Morgan fingerprint density at radius 3 is 2.36 bits per heavy atom. The van der Waals surface area contributed by atoms with Gasteiger partial charge in [-0.3, -0.25) is 9.59 Å². The third kappa shape index (κ3) is 3.36. The molecular weight excluding hydrogens is 334 g/mol. The first-order valence-corrected chi connectivity index (χ1v) is 8.00. The Labute approximate surface area is 145 Å². The second-order valence-corrected chi connectivity index (χ2v) is 5.60. The van der Waals surface area contributed by atoms with Gasteiger partial charge in [0.1, 0.15) is 0 Å². The number of amides is 2. The van der Waals surface area contributed by atoms with Crippen molar-refractivity contribution in [3.63, 3.8) is 0 Å². The fraction of sp³-hybridized carbons (Fsp3) is 0.529. The van der Waals surface area contributed by atoms with Gasteiger partial charge in [-0.15, -0.1) is 0 Å². The zero-order valence-electron chi connectivity index (χ0n) is 14.7. The van der Waals surface area contributed by atoms with Gasteiger partial charge in [0.2, 0.25) is 0 Å². The number of alkyl halides is 2. The number of rotatable bonds is 7. The minimum Gasteiger partial charge on any atom is -0.354 e. The van der Waals surface area contributed by atoms with Gasteiger partial charge in [-0.1, -0.05) is 0 Å². The molecule has 1 aromatic rings. The lowest BCUT2D eigenvalue weighted by molar-refractivity contribution is -0.144. The van der Waals surface area contributed by atoms with Crippen LogP contribution in [0.4, 0.5) is 14.5 Å². The van der Waals surface area contributed by atoms with Gasteiger partial charge in [-0.2, -0.15) is 8.78 Å². The Morgan fingerprint density at radius 1 is 1.24 bits per heavy atom. The second-order valence-electron chi connectivity index (χ2n) is 5.60. The highest BCUT2D eigenvalue weighted by Crippen LogP contribution is 2.44. The van der Waals surface area contributed by atoms with Gasteiger partial charge in [0.25, 0.3) is 5.91 Å². The van der Waals surface area contributed by atoms with E-state index in [1.807, 2.05) is 13.8 Å². The topological polar surface area (TPSA) is 59.1 Å². The fourth-order valence-corrected chi connectivity index (χ4v) is 2.82. The number of nitrogens with zero attached hydrogens (tertiary/aromatic N) is 2. The molecule has 0 unspecified atom stereocenters. The van der Waals surface area contributed by atoms with Crippen LogP contribution in [0.25, 0.3) is 0 Å². The van der Waals surface area contributed by atoms with E-state index in [2.05, 4.69) is 0 Å². The van der Waals surface area contributed by atoms with Crippen LogP contribution in [0, 0.1) is 0 Å². The summed E-state index contributed by atoms with van der Waals surface area (Å²) < 4.78 is 38.9. The molecule has 0 saturated carbocycles. The minimum absolute atomic E-state index is 0.0604. The third-order valence-electron chi connectivity index (χ3n) is 4.29. The Kier molecular flexibility index (Phi) is 5.74. The Hall–Kier alpha value is -2.06. The highest BCUT2D eigenvalue weighted by Gasteiger charge is 2.53. The second kappa shape index (κ2) is 7.45. The predicted octanol–water partition coefficient (Wildman–Crippen LogP) is 2.23. The molecule has 0 radical (unpaired) electrons. The summed E-state index contributed by atoms with van der Waals surface area (Å²) in [6, 6.07) is 3.92. The van der Waals surface area contributed by atoms with Gasteiger partial charge in [0, 0.05) is 32.9 Å². The van der Waals surface area contributed by atoms with Crippen LogP contribution in [-0.4, -0.2) is 56.9 Å². The number of anilines is 1. The smallest absolute Gasteiger partial charge is 0.352 e. The number of carbonyl (C=O) groups is 2. The quantitative estimate of drug-likeness (QED) is 0.703. The van der Waals surface area contributed by atoms with Crippen molar-refractivity contribution >= 4 is 17.5 Å². The van der Waals surface area contributed by atoms with Crippen LogP contribution in [0.3, 0.4) is 0 Å². The third-order valence-corrected chi connectivity index (χ3v) is 4.29. The zero-order chi connectivity index (χ0) is 18.8. The minimum atomic E-state index is -3.69. The first-order valence-electron chi connectivity index (χ1n) is 8.00. The summed E-state index contributed by atoms with van der Waals surface area (Å²) in [5.74, 6) is -5.39. The number of hydrogen-bond acceptors (Lipinski definition) is 4. The summed E-state index contributed by atoms with van der Waals surface area (Å²) in [7, 11) is 2.72. The molecule has 1 aliphatic rings. The molecule has 0 N–H and O–H groups in total.